The molecule has 35 heavy (non-hydrogen) atoms. The van der Waals surface area contributed by atoms with Crippen molar-refractivity contribution in [3.05, 3.63) is 133 Å². The number of imidazole rings is 1. The van der Waals surface area contributed by atoms with Crippen LogP contribution < -0.4 is 0 Å². The van der Waals surface area contributed by atoms with Crippen LogP contribution in [0.15, 0.2) is 121 Å². The Morgan fingerprint density at radius 1 is 0.600 bits per heavy atom. The van der Waals surface area contributed by atoms with Gasteiger partial charge in [-0.3, -0.25) is 9.20 Å². The number of carbonyl (C=O) groups excluding carboxylic acids is 1. The maximum Gasteiger partial charge on any atom is 0.213 e. The van der Waals surface area contributed by atoms with E-state index in [4.69, 9.17) is 4.98 Å². The maximum atomic E-state index is 13.6. The number of benzene rings is 4. The SMILES string of the molecule is Br.O=C(c1ccccc1)c1nc2sc(-c3ccccc3)c(-c3ccccc3)n2c1-c1ccccc1. The van der Waals surface area contributed by atoms with Crippen molar-refractivity contribution in [3.8, 4) is 33.0 Å². The van der Waals surface area contributed by atoms with Gasteiger partial charge in [-0.2, -0.15) is 0 Å². The summed E-state index contributed by atoms with van der Waals surface area (Å²) in [6, 6.07) is 40.1. The van der Waals surface area contributed by atoms with E-state index in [9.17, 15) is 4.79 Å². The third-order valence-corrected chi connectivity index (χ3v) is 6.95. The van der Waals surface area contributed by atoms with Crippen LogP contribution in [0.4, 0.5) is 0 Å². The third-order valence-electron chi connectivity index (χ3n) is 5.86. The van der Waals surface area contributed by atoms with Crippen molar-refractivity contribution in [2.75, 3.05) is 0 Å². The summed E-state index contributed by atoms with van der Waals surface area (Å²) in [6.07, 6.45) is 0. The van der Waals surface area contributed by atoms with Gasteiger partial charge in [0.2, 0.25) is 5.78 Å². The van der Waals surface area contributed by atoms with Crippen LogP contribution in [-0.2, 0) is 0 Å². The van der Waals surface area contributed by atoms with Crippen LogP contribution in [0.5, 0.6) is 0 Å². The molecule has 6 aromatic rings. The molecule has 0 spiro atoms. The number of nitrogens with zero attached hydrogens (tertiary/aromatic N) is 2. The van der Waals surface area contributed by atoms with E-state index in [1.165, 1.54) is 0 Å². The van der Waals surface area contributed by atoms with Crippen LogP contribution >= 0.6 is 28.3 Å². The van der Waals surface area contributed by atoms with Crippen LogP contribution in [0.3, 0.4) is 0 Å². The molecule has 0 aliphatic heterocycles. The Hall–Kier alpha value is -3.80. The first kappa shape index (κ1) is 23.0. The minimum atomic E-state index is -0.0735. The smallest absolute Gasteiger partial charge is 0.213 e. The molecule has 2 heterocycles. The van der Waals surface area contributed by atoms with Crippen molar-refractivity contribution in [1.82, 2.24) is 9.38 Å². The maximum absolute atomic E-state index is 13.6. The zero-order chi connectivity index (χ0) is 22.9. The second-order valence-electron chi connectivity index (χ2n) is 8.00. The Labute approximate surface area is 218 Å². The Balaban J connectivity index is 0.00000253. The Morgan fingerprint density at radius 2 is 1.06 bits per heavy atom. The van der Waals surface area contributed by atoms with E-state index in [-0.39, 0.29) is 22.8 Å². The van der Waals surface area contributed by atoms with Crippen molar-refractivity contribution in [2.24, 2.45) is 0 Å². The largest absolute Gasteiger partial charge is 0.287 e. The number of fused-ring (bicyclic) bond motifs is 1. The second-order valence-corrected chi connectivity index (χ2v) is 8.98. The Kier molecular flexibility index (Phi) is 6.45. The van der Waals surface area contributed by atoms with Crippen molar-refractivity contribution >= 4 is 39.1 Å². The lowest BCUT2D eigenvalue weighted by Crippen LogP contribution is -2.04. The number of carbonyl (C=O) groups is 1. The fourth-order valence-electron chi connectivity index (χ4n) is 4.31. The van der Waals surface area contributed by atoms with Crippen LogP contribution in [-0.4, -0.2) is 15.2 Å². The van der Waals surface area contributed by atoms with E-state index in [2.05, 4.69) is 40.8 Å². The number of ketones is 1. The molecule has 2 aromatic heterocycles. The number of hydrogen-bond acceptors (Lipinski definition) is 3. The second kappa shape index (κ2) is 9.82. The highest BCUT2D eigenvalue weighted by atomic mass is 79.9. The summed E-state index contributed by atoms with van der Waals surface area (Å²) >= 11 is 1.61. The van der Waals surface area contributed by atoms with E-state index in [1.54, 1.807) is 11.3 Å². The molecular weight excluding hydrogens is 516 g/mol. The number of aromatic nitrogens is 2. The minimum Gasteiger partial charge on any atom is -0.287 e. The predicted molar refractivity (Wildman–Crippen MR) is 150 cm³/mol. The summed E-state index contributed by atoms with van der Waals surface area (Å²) in [5, 5.41) is 0. The van der Waals surface area contributed by atoms with Crippen LogP contribution in [0.1, 0.15) is 16.1 Å². The molecule has 0 saturated carbocycles. The highest BCUT2D eigenvalue weighted by Gasteiger charge is 2.27. The molecule has 4 aromatic carbocycles. The summed E-state index contributed by atoms with van der Waals surface area (Å²) in [4.78, 5) is 20.5. The third kappa shape index (κ3) is 4.14. The van der Waals surface area contributed by atoms with E-state index in [0.29, 0.717) is 11.3 Å². The van der Waals surface area contributed by atoms with Crippen molar-refractivity contribution in [3.63, 3.8) is 0 Å². The number of thiazole rings is 1. The molecule has 0 bridgehead atoms. The number of halogens is 1. The average molecular weight is 537 g/mol. The van der Waals surface area contributed by atoms with E-state index < -0.39 is 0 Å². The molecule has 0 atom stereocenters. The fraction of sp³-hybridized carbons (Fsp3) is 0. The lowest BCUT2D eigenvalue weighted by Gasteiger charge is -2.10. The monoisotopic (exact) mass is 536 g/mol. The minimum absolute atomic E-state index is 0. The molecule has 5 heteroatoms. The molecule has 0 aliphatic rings. The first-order chi connectivity index (χ1) is 16.8. The normalized spacial score (nSPS) is 10.7. The molecule has 3 nitrogen and oxygen atoms in total. The summed E-state index contributed by atoms with van der Waals surface area (Å²) < 4.78 is 2.16. The van der Waals surface area contributed by atoms with Gasteiger partial charge in [0, 0.05) is 16.7 Å². The Bertz CT molecular complexity index is 1590. The van der Waals surface area contributed by atoms with E-state index in [1.807, 2.05) is 84.9 Å². The van der Waals surface area contributed by atoms with Crippen LogP contribution in [0, 0.1) is 0 Å². The predicted octanol–water partition coefficient (Wildman–Crippen LogP) is 8.21. The molecule has 0 aliphatic carbocycles. The lowest BCUT2D eigenvalue weighted by atomic mass is 10.0. The van der Waals surface area contributed by atoms with Gasteiger partial charge in [0.05, 0.1) is 16.3 Å². The Morgan fingerprint density at radius 3 is 1.60 bits per heavy atom. The molecule has 6 rings (SSSR count). The molecule has 0 radical (unpaired) electrons. The van der Waals surface area contributed by atoms with Crippen molar-refractivity contribution < 1.29 is 4.79 Å². The summed E-state index contributed by atoms with van der Waals surface area (Å²) in [6.45, 7) is 0. The average Bonchev–Trinajstić information content (AvgIpc) is 3.47. The van der Waals surface area contributed by atoms with Crippen LogP contribution in [0.25, 0.3) is 37.9 Å². The first-order valence-electron chi connectivity index (χ1n) is 11.1. The quantitative estimate of drug-likeness (QED) is 0.208. The summed E-state index contributed by atoms with van der Waals surface area (Å²) in [7, 11) is 0. The number of rotatable bonds is 5. The zero-order valence-electron chi connectivity index (χ0n) is 18.7. The molecule has 0 unspecified atom stereocenters. The standard InChI is InChI=1S/C30H20N2OS.BrH/c33-28(23-17-9-3-10-18-23)25-26(21-13-5-1-6-14-21)32-27(22-15-7-2-8-16-22)29(34-30(32)31-25)24-19-11-4-12-20-24;/h1-20H;1H. The molecule has 0 saturated heterocycles. The molecule has 0 amide bonds. The summed E-state index contributed by atoms with van der Waals surface area (Å²) in [5.41, 5.74) is 6.15. The van der Waals surface area contributed by atoms with Gasteiger partial charge in [-0.25, -0.2) is 4.98 Å². The van der Waals surface area contributed by atoms with Crippen molar-refractivity contribution in [1.29, 1.82) is 0 Å². The van der Waals surface area contributed by atoms with Gasteiger partial charge in [-0.15, -0.1) is 17.0 Å². The van der Waals surface area contributed by atoms with Gasteiger partial charge >= 0.3 is 0 Å². The topological polar surface area (TPSA) is 34.4 Å². The molecule has 170 valence electrons. The zero-order valence-corrected chi connectivity index (χ0v) is 21.2. The highest BCUT2D eigenvalue weighted by molar-refractivity contribution is 8.93. The van der Waals surface area contributed by atoms with Gasteiger partial charge < -0.3 is 0 Å². The van der Waals surface area contributed by atoms with E-state index in [0.717, 1.165) is 37.9 Å². The summed E-state index contributed by atoms with van der Waals surface area (Å²) in [5.74, 6) is -0.0735. The van der Waals surface area contributed by atoms with E-state index >= 15 is 0 Å². The van der Waals surface area contributed by atoms with Gasteiger partial charge in [0.1, 0.15) is 5.69 Å². The van der Waals surface area contributed by atoms with Gasteiger partial charge in [-0.1, -0.05) is 133 Å². The molecular formula is C30H21BrN2OS. The first-order valence-corrected chi connectivity index (χ1v) is 11.9. The molecule has 0 fully saturated rings. The molecule has 0 N–H and O–H groups in total. The fourth-order valence-corrected chi connectivity index (χ4v) is 5.46. The van der Waals surface area contributed by atoms with Crippen LogP contribution in [0.2, 0.25) is 0 Å². The van der Waals surface area contributed by atoms with Gasteiger partial charge in [-0.05, 0) is 5.56 Å². The highest BCUT2D eigenvalue weighted by Crippen LogP contribution is 2.43. The van der Waals surface area contributed by atoms with Gasteiger partial charge in [0.15, 0.2) is 4.96 Å². The number of hydrogen-bond donors (Lipinski definition) is 0. The van der Waals surface area contributed by atoms with Gasteiger partial charge in [0.25, 0.3) is 0 Å². The van der Waals surface area contributed by atoms with Crippen molar-refractivity contribution in [2.45, 2.75) is 0 Å². The lowest BCUT2D eigenvalue weighted by molar-refractivity contribution is 0.103.